The Morgan fingerprint density at radius 1 is 1.43 bits per heavy atom. The Morgan fingerprint density at radius 3 is 3.10 bits per heavy atom. The summed E-state index contributed by atoms with van der Waals surface area (Å²) in [5.41, 5.74) is 8.58. The highest BCUT2D eigenvalue weighted by Gasteiger charge is 2.21. The number of ether oxygens (including phenoxy) is 1. The highest BCUT2D eigenvalue weighted by Crippen LogP contribution is 2.31. The molecule has 1 atom stereocenters. The predicted octanol–water partition coefficient (Wildman–Crippen LogP) is 2.34. The van der Waals surface area contributed by atoms with Crippen LogP contribution in [0.3, 0.4) is 0 Å². The number of anilines is 1. The molecule has 1 unspecified atom stereocenters. The fraction of sp³-hybridized carbons (Fsp3) is 0.267. The summed E-state index contributed by atoms with van der Waals surface area (Å²) in [6.45, 7) is 0.735. The Morgan fingerprint density at radius 2 is 2.29 bits per heavy atom. The maximum absolute atomic E-state index is 8.82. The number of hydrogen-bond donors (Lipinski definition) is 1. The van der Waals surface area contributed by atoms with Crippen molar-refractivity contribution in [1.29, 1.82) is 5.26 Å². The molecular formula is C15H14N4OS. The summed E-state index contributed by atoms with van der Waals surface area (Å²) >= 11 is 1.49. The van der Waals surface area contributed by atoms with Crippen LogP contribution in [0, 0.1) is 11.3 Å². The van der Waals surface area contributed by atoms with Crippen LogP contribution in [0.2, 0.25) is 0 Å². The number of thioether (sulfide) groups is 1. The number of benzene rings is 1. The number of nitrogens with two attached hydrogens (primary N) is 1. The number of nitrogen functional groups attached to an aromatic ring is 1. The zero-order valence-corrected chi connectivity index (χ0v) is 12.1. The Labute approximate surface area is 127 Å². The fourth-order valence-corrected chi connectivity index (χ4v) is 3.17. The van der Waals surface area contributed by atoms with Crippen LogP contribution in [0.1, 0.15) is 22.8 Å². The lowest BCUT2D eigenvalue weighted by atomic mass is 9.99. The van der Waals surface area contributed by atoms with Gasteiger partial charge in [-0.1, -0.05) is 36.0 Å². The third-order valence-electron chi connectivity index (χ3n) is 3.37. The van der Waals surface area contributed by atoms with Gasteiger partial charge in [0.15, 0.2) is 5.16 Å². The van der Waals surface area contributed by atoms with Crippen LogP contribution < -0.4 is 5.73 Å². The van der Waals surface area contributed by atoms with E-state index in [1.807, 2.05) is 12.1 Å². The van der Waals surface area contributed by atoms with Gasteiger partial charge in [-0.15, -0.1) is 0 Å². The molecule has 1 aliphatic rings. The number of nitriles is 1. The third kappa shape index (κ3) is 2.99. The van der Waals surface area contributed by atoms with Crippen molar-refractivity contribution in [3.8, 4) is 6.07 Å². The zero-order chi connectivity index (χ0) is 14.7. The molecule has 106 valence electrons. The molecule has 2 N–H and O–H groups in total. The van der Waals surface area contributed by atoms with Gasteiger partial charge in [0.1, 0.15) is 17.5 Å². The Kier molecular flexibility index (Phi) is 4.04. The third-order valence-corrected chi connectivity index (χ3v) is 4.30. The molecule has 0 spiro atoms. The molecule has 0 saturated heterocycles. The van der Waals surface area contributed by atoms with Crippen molar-refractivity contribution in [2.45, 2.75) is 17.7 Å². The van der Waals surface area contributed by atoms with Crippen LogP contribution >= 0.6 is 11.8 Å². The van der Waals surface area contributed by atoms with E-state index < -0.39 is 0 Å². The van der Waals surface area contributed by atoms with Gasteiger partial charge in [0.05, 0.1) is 18.9 Å². The minimum atomic E-state index is 0.0421. The van der Waals surface area contributed by atoms with Crippen molar-refractivity contribution in [2.24, 2.45) is 0 Å². The first kappa shape index (κ1) is 13.9. The SMILES string of the molecule is N#Cc1cnc(SCC2OCCc3ccccc32)nc1N. The van der Waals surface area contributed by atoms with E-state index in [1.54, 1.807) is 0 Å². The molecule has 0 saturated carbocycles. The summed E-state index contributed by atoms with van der Waals surface area (Å²) < 4.78 is 5.84. The molecule has 1 aromatic heterocycles. The van der Waals surface area contributed by atoms with Crippen LogP contribution in [0.25, 0.3) is 0 Å². The molecule has 0 aliphatic carbocycles. The standard InChI is InChI=1S/C15H14N4OS/c16-7-11-8-18-15(19-14(11)17)21-9-13-12-4-2-1-3-10(12)5-6-20-13/h1-4,8,13H,5-6,9H2,(H2,17,18,19). The fourth-order valence-electron chi connectivity index (χ4n) is 2.30. The Bertz CT molecular complexity index is 698. The average molecular weight is 298 g/mol. The van der Waals surface area contributed by atoms with Crippen LogP contribution in [0.4, 0.5) is 5.82 Å². The summed E-state index contributed by atoms with van der Waals surface area (Å²) in [6, 6.07) is 10.3. The van der Waals surface area contributed by atoms with E-state index in [4.69, 9.17) is 15.7 Å². The van der Waals surface area contributed by atoms with Gasteiger partial charge in [-0.05, 0) is 17.5 Å². The van der Waals surface area contributed by atoms with Crippen LogP contribution in [-0.2, 0) is 11.2 Å². The lowest BCUT2D eigenvalue weighted by molar-refractivity contribution is 0.0587. The van der Waals surface area contributed by atoms with Crippen molar-refractivity contribution in [1.82, 2.24) is 9.97 Å². The quantitative estimate of drug-likeness (QED) is 0.691. The lowest BCUT2D eigenvalue weighted by Gasteiger charge is -2.25. The van der Waals surface area contributed by atoms with E-state index in [9.17, 15) is 0 Å². The zero-order valence-electron chi connectivity index (χ0n) is 11.3. The molecule has 6 heteroatoms. The van der Waals surface area contributed by atoms with E-state index in [0.29, 0.717) is 10.7 Å². The molecule has 1 aliphatic heterocycles. The average Bonchev–Trinajstić information content (AvgIpc) is 2.53. The largest absolute Gasteiger partial charge is 0.382 e. The Hall–Kier alpha value is -2.10. The summed E-state index contributed by atoms with van der Waals surface area (Å²) in [6.07, 6.45) is 2.46. The number of aromatic nitrogens is 2. The highest BCUT2D eigenvalue weighted by molar-refractivity contribution is 7.99. The maximum Gasteiger partial charge on any atom is 0.189 e. The molecule has 0 radical (unpaired) electrons. The highest BCUT2D eigenvalue weighted by atomic mass is 32.2. The predicted molar refractivity (Wildman–Crippen MR) is 80.7 cm³/mol. The van der Waals surface area contributed by atoms with Gasteiger partial charge in [-0.25, -0.2) is 9.97 Å². The summed E-state index contributed by atoms with van der Waals surface area (Å²) in [4.78, 5) is 8.28. The van der Waals surface area contributed by atoms with E-state index in [-0.39, 0.29) is 11.9 Å². The molecule has 2 heterocycles. The van der Waals surface area contributed by atoms with Gasteiger partial charge in [-0.2, -0.15) is 5.26 Å². The van der Waals surface area contributed by atoms with Crippen LogP contribution in [-0.4, -0.2) is 22.3 Å². The van der Waals surface area contributed by atoms with Crippen molar-refractivity contribution in [2.75, 3.05) is 18.1 Å². The molecule has 3 rings (SSSR count). The summed E-state index contributed by atoms with van der Waals surface area (Å²) in [5, 5.41) is 9.38. The summed E-state index contributed by atoms with van der Waals surface area (Å²) in [7, 11) is 0. The maximum atomic E-state index is 8.82. The molecule has 2 aromatic rings. The number of hydrogen-bond acceptors (Lipinski definition) is 6. The second kappa shape index (κ2) is 6.12. The Balaban J connectivity index is 1.72. The first-order valence-corrected chi connectivity index (χ1v) is 7.61. The van der Waals surface area contributed by atoms with E-state index in [0.717, 1.165) is 18.8 Å². The lowest BCUT2D eigenvalue weighted by Crippen LogP contribution is -2.18. The molecule has 1 aromatic carbocycles. The molecule has 21 heavy (non-hydrogen) atoms. The molecule has 0 fully saturated rings. The van der Waals surface area contributed by atoms with Crippen molar-refractivity contribution in [3.63, 3.8) is 0 Å². The number of nitrogens with zero attached hydrogens (tertiary/aromatic N) is 3. The van der Waals surface area contributed by atoms with Crippen molar-refractivity contribution in [3.05, 3.63) is 47.2 Å². The summed E-state index contributed by atoms with van der Waals surface area (Å²) in [5.74, 6) is 0.947. The first-order valence-electron chi connectivity index (χ1n) is 6.62. The minimum absolute atomic E-state index is 0.0421. The first-order chi connectivity index (χ1) is 10.3. The van der Waals surface area contributed by atoms with Crippen molar-refractivity contribution >= 4 is 17.6 Å². The minimum Gasteiger partial charge on any atom is -0.382 e. The van der Waals surface area contributed by atoms with Gasteiger partial charge in [0, 0.05) is 5.75 Å². The van der Waals surface area contributed by atoms with Gasteiger partial charge in [-0.3, -0.25) is 0 Å². The molecule has 0 amide bonds. The second-order valence-electron chi connectivity index (χ2n) is 4.68. The smallest absolute Gasteiger partial charge is 0.189 e. The molecular weight excluding hydrogens is 284 g/mol. The van der Waals surface area contributed by atoms with E-state index >= 15 is 0 Å². The van der Waals surface area contributed by atoms with Gasteiger partial charge in [0.25, 0.3) is 0 Å². The van der Waals surface area contributed by atoms with E-state index in [1.165, 1.54) is 29.1 Å². The number of rotatable bonds is 3. The molecule has 0 bridgehead atoms. The normalized spacial score (nSPS) is 17.0. The van der Waals surface area contributed by atoms with Gasteiger partial charge < -0.3 is 10.5 Å². The van der Waals surface area contributed by atoms with Gasteiger partial charge in [0.2, 0.25) is 0 Å². The van der Waals surface area contributed by atoms with Crippen molar-refractivity contribution < 1.29 is 4.74 Å². The van der Waals surface area contributed by atoms with Crippen LogP contribution in [0.5, 0.6) is 0 Å². The van der Waals surface area contributed by atoms with Gasteiger partial charge >= 0.3 is 0 Å². The monoisotopic (exact) mass is 298 g/mol. The van der Waals surface area contributed by atoms with E-state index in [2.05, 4.69) is 28.2 Å². The number of fused-ring (bicyclic) bond motifs is 1. The second-order valence-corrected chi connectivity index (χ2v) is 5.67. The molecule has 5 nitrogen and oxygen atoms in total. The topological polar surface area (TPSA) is 84.8 Å². The van der Waals surface area contributed by atoms with Crippen LogP contribution in [0.15, 0.2) is 35.6 Å².